The maximum Gasteiger partial charge on any atom is 0.356 e. The minimum absolute atomic E-state index is 0.0343. The summed E-state index contributed by atoms with van der Waals surface area (Å²) in [5, 5.41) is 0. The first-order valence-corrected chi connectivity index (χ1v) is 10.3. The van der Waals surface area contributed by atoms with Crippen molar-refractivity contribution in [3.8, 4) is 0 Å². The first-order chi connectivity index (χ1) is 13.0. The zero-order valence-electron chi connectivity index (χ0n) is 16.6. The summed E-state index contributed by atoms with van der Waals surface area (Å²) in [5.41, 5.74) is 1.99. The summed E-state index contributed by atoms with van der Waals surface area (Å²) in [7, 11) is 0. The van der Waals surface area contributed by atoms with E-state index in [-0.39, 0.29) is 18.9 Å². The molecule has 150 valence electrons. The van der Waals surface area contributed by atoms with Crippen molar-refractivity contribution < 1.29 is 13.5 Å². The second-order valence-electron chi connectivity index (χ2n) is 7.81. The highest BCUT2D eigenvalue weighted by molar-refractivity contribution is 5.22. The zero-order valence-corrected chi connectivity index (χ0v) is 16.6. The summed E-state index contributed by atoms with van der Waals surface area (Å²) >= 11 is 0. The number of rotatable bonds is 11. The monoisotopic (exact) mass is 376 g/mol. The smallest absolute Gasteiger partial charge is 0.316 e. The average molecular weight is 377 g/mol. The lowest BCUT2D eigenvalue weighted by Gasteiger charge is -2.30. The Labute approximate surface area is 163 Å². The lowest BCUT2D eigenvalue weighted by atomic mass is 9.78. The van der Waals surface area contributed by atoms with Gasteiger partial charge in [0.25, 0.3) is 0 Å². The van der Waals surface area contributed by atoms with Crippen molar-refractivity contribution in [3.63, 3.8) is 0 Å². The molecule has 2 rings (SSSR count). The third-order valence-electron chi connectivity index (χ3n) is 5.58. The molecule has 1 aliphatic carbocycles. The molecule has 1 fully saturated rings. The first kappa shape index (κ1) is 21.8. The van der Waals surface area contributed by atoms with Gasteiger partial charge in [0.05, 0.1) is 6.61 Å². The van der Waals surface area contributed by atoms with Crippen LogP contribution in [0.1, 0.15) is 69.4 Å². The topological polar surface area (TPSA) is 9.23 Å². The van der Waals surface area contributed by atoms with Crippen LogP contribution in [0.5, 0.6) is 0 Å². The molecule has 0 bridgehead atoms. The predicted octanol–water partition coefficient (Wildman–Crippen LogP) is 7.47. The Morgan fingerprint density at radius 3 is 2.30 bits per heavy atom. The van der Waals surface area contributed by atoms with Gasteiger partial charge in [-0.1, -0.05) is 55.3 Å². The molecule has 0 aromatic heterocycles. The third-order valence-corrected chi connectivity index (χ3v) is 5.58. The van der Waals surface area contributed by atoms with Gasteiger partial charge in [0, 0.05) is 6.42 Å². The fourth-order valence-electron chi connectivity index (χ4n) is 3.88. The van der Waals surface area contributed by atoms with Gasteiger partial charge in [-0.2, -0.15) is 8.78 Å². The molecule has 1 aromatic rings. The van der Waals surface area contributed by atoms with E-state index >= 15 is 0 Å². The van der Waals surface area contributed by atoms with Crippen LogP contribution in [0.15, 0.2) is 49.1 Å². The van der Waals surface area contributed by atoms with Gasteiger partial charge < -0.3 is 4.74 Å². The highest BCUT2D eigenvalue weighted by Gasteiger charge is 2.35. The Bertz CT molecular complexity index is 569. The molecule has 0 unspecified atom stereocenters. The maximum atomic E-state index is 14.2. The van der Waals surface area contributed by atoms with Gasteiger partial charge in [-0.15, -0.1) is 6.58 Å². The molecule has 0 aliphatic heterocycles. The average Bonchev–Trinajstić information content (AvgIpc) is 2.67. The number of hydrogen-bond acceptors (Lipinski definition) is 1. The normalized spacial score (nSPS) is 20.9. The Morgan fingerprint density at radius 2 is 1.67 bits per heavy atom. The number of benzene rings is 1. The molecular weight excluding hydrogens is 342 g/mol. The minimum Gasteiger partial charge on any atom is -0.316 e. The van der Waals surface area contributed by atoms with Crippen LogP contribution in [0.2, 0.25) is 0 Å². The van der Waals surface area contributed by atoms with Gasteiger partial charge in [-0.25, -0.2) is 0 Å². The van der Waals surface area contributed by atoms with Gasteiger partial charge in [0.2, 0.25) is 0 Å². The molecule has 0 saturated heterocycles. The molecule has 0 radical (unpaired) electrons. The summed E-state index contributed by atoms with van der Waals surface area (Å²) < 4.78 is 33.5. The summed E-state index contributed by atoms with van der Waals surface area (Å²) in [6.45, 7) is 5.72. The Kier molecular flexibility index (Phi) is 9.20. The van der Waals surface area contributed by atoms with Gasteiger partial charge in [-0.3, -0.25) is 0 Å². The van der Waals surface area contributed by atoms with Crippen LogP contribution >= 0.6 is 0 Å². The van der Waals surface area contributed by atoms with E-state index in [1.165, 1.54) is 12.0 Å². The van der Waals surface area contributed by atoms with E-state index in [1.54, 1.807) is 0 Å². The molecule has 1 aromatic carbocycles. The quantitative estimate of drug-likeness (QED) is 0.364. The largest absolute Gasteiger partial charge is 0.356 e. The van der Waals surface area contributed by atoms with Crippen molar-refractivity contribution in [2.45, 2.75) is 77.4 Å². The van der Waals surface area contributed by atoms with Crippen LogP contribution in [-0.4, -0.2) is 6.11 Å². The molecular formula is C24H34F2O. The number of halogens is 2. The van der Waals surface area contributed by atoms with Gasteiger partial charge in [0.1, 0.15) is 0 Å². The minimum atomic E-state index is -3.04. The van der Waals surface area contributed by atoms with Crippen LogP contribution in [-0.2, 0) is 17.8 Å². The highest BCUT2D eigenvalue weighted by atomic mass is 19.3. The van der Waals surface area contributed by atoms with Crippen LogP contribution in [0.4, 0.5) is 8.78 Å². The summed E-state index contributed by atoms with van der Waals surface area (Å²) in [4.78, 5) is 0. The van der Waals surface area contributed by atoms with Crippen molar-refractivity contribution in [2.24, 2.45) is 11.8 Å². The molecule has 1 saturated carbocycles. The predicted molar refractivity (Wildman–Crippen MR) is 109 cm³/mol. The summed E-state index contributed by atoms with van der Waals surface area (Å²) in [6, 6.07) is 7.72. The Balaban J connectivity index is 1.71. The van der Waals surface area contributed by atoms with Crippen molar-refractivity contribution in [2.75, 3.05) is 0 Å². The molecule has 1 aliphatic rings. The maximum absolute atomic E-state index is 14.2. The van der Waals surface area contributed by atoms with Gasteiger partial charge in [0.15, 0.2) is 0 Å². The Hall–Kier alpha value is -1.48. The summed E-state index contributed by atoms with van der Waals surface area (Å²) in [5.74, 6) is 0.783. The van der Waals surface area contributed by atoms with E-state index in [0.717, 1.165) is 50.5 Å². The van der Waals surface area contributed by atoms with Crippen LogP contribution < -0.4 is 0 Å². The second-order valence-corrected chi connectivity index (χ2v) is 7.81. The van der Waals surface area contributed by atoms with Crippen molar-refractivity contribution >= 4 is 0 Å². The summed E-state index contributed by atoms with van der Waals surface area (Å²) in [6.07, 6.45) is 11.1. The molecule has 1 nitrogen and oxygen atoms in total. The van der Waals surface area contributed by atoms with E-state index in [0.29, 0.717) is 5.92 Å². The first-order valence-electron chi connectivity index (χ1n) is 10.3. The number of alkyl halides is 2. The van der Waals surface area contributed by atoms with Gasteiger partial charge in [-0.05, 0) is 68.4 Å². The molecule has 0 N–H and O–H groups in total. The lowest BCUT2D eigenvalue weighted by molar-refractivity contribution is -0.256. The second kappa shape index (κ2) is 11.4. The molecule has 0 spiro atoms. The SMILES string of the molecule is C=CCCc1ccc(COC(F)(F)C[C@H]2CC[C@H](CC/C=C/C)CC2)cc1. The molecule has 3 heteroatoms. The molecule has 0 amide bonds. The van der Waals surface area contributed by atoms with Crippen molar-refractivity contribution in [1.29, 1.82) is 0 Å². The number of ether oxygens (including phenoxy) is 1. The molecule has 27 heavy (non-hydrogen) atoms. The standard InChI is InChI=1S/C24H34F2O/c1-3-5-7-9-21-10-14-22(15-11-21)18-24(25,26)27-19-23-16-12-20(13-17-23)8-6-4-2/h3-5,12-13,16-17,21-22H,2,6-11,14-15,18-19H2,1H3/b5-3+/t21-,22-. The van der Waals surface area contributed by atoms with E-state index in [2.05, 4.69) is 18.7 Å². The fraction of sp³-hybridized carbons (Fsp3) is 0.583. The number of hydrogen-bond donors (Lipinski definition) is 0. The zero-order chi connectivity index (χ0) is 19.5. The van der Waals surface area contributed by atoms with Crippen LogP contribution in [0.3, 0.4) is 0 Å². The van der Waals surface area contributed by atoms with Crippen LogP contribution in [0, 0.1) is 11.8 Å². The van der Waals surface area contributed by atoms with Crippen molar-refractivity contribution in [1.82, 2.24) is 0 Å². The lowest BCUT2D eigenvalue weighted by Crippen LogP contribution is -2.27. The number of allylic oxidation sites excluding steroid dienone is 3. The molecule has 0 heterocycles. The van der Waals surface area contributed by atoms with E-state index < -0.39 is 6.11 Å². The highest BCUT2D eigenvalue weighted by Crippen LogP contribution is 2.38. The van der Waals surface area contributed by atoms with E-state index in [4.69, 9.17) is 4.74 Å². The van der Waals surface area contributed by atoms with Crippen LogP contribution in [0.25, 0.3) is 0 Å². The fourth-order valence-corrected chi connectivity index (χ4v) is 3.88. The number of aryl methyl sites for hydroxylation is 1. The van der Waals surface area contributed by atoms with Crippen molar-refractivity contribution in [3.05, 3.63) is 60.2 Å². The van der Waals surface area contributed by atoms with Gasteiger partial charge >= 0.3 is 6.11 Å². The van der Waals surface area contributed by atoms with E-state index in [9.17, 15) is 8.78 Å². The van der Waals surface area contributed by atoms with E-state index in [1.807, 2.05) is 37.3 Å². The Morgan fingerprint density at radius 1 is 1.04 bits per heavy atom. The molecule has 0 atom stereocenters. The third kappa shape index (κ3) is 8.38.